The number of rotatable bonds is 9. The Morgan fingerprint density at radius 1 is 0.827 bits per heavy atom. The Hall–Kier alpha value is -3.08. The lowest BCUT2D eigenvalue weighted by Gasteiger charge is -2.73. The molecule has 0 spiro atoms. The molecule has 410 valence electrons. The van der Waals surface area contributed by atoms with Gasteiger partial charge in [0.05, 0.1) is 17.3 Å². The minimum absolute atomic E-state index is 0.0181. The first kappa shape index (κ1) is 52.6. The van der Waals surface area contributed by atoms with Crippen molar-refractivity contribution in [2.75, 3.05) is 19.3 Å². The van der Waals surface area contributed by atoms with E-state index in [1.165, 1.54) is 49.7 Å². The summed E-state index contributed by atoms with van der Waals surface area (Å²) >= 11 is 0. The van der Waals surface area contributed by atoms with E-state index in [2.05, 4.69) is 62.6 Å². The number of β-amino-alcohol motifs (C(OH)–C–C–N with tert-alkyl or cyclic N) is 1. The lowest BCUT2D eigenvalue weighted by atomic mass is 9.31. The second-order valence-corrected chi connectivity index (χ2v) is 28.7. The van der Waals surface area contributed by atoms with Crippen LogP contribution in [0.3, 0.4) is 0 Å². The number of aromatic hydroxyl groups is 1. The van der Waals surface area contributed by atoms with Gasteiger partial charge in [-0.05, 0) is 215 Å². The molecule has 0 radical (unpaired) electrons. The zero-order chi connectivity index (χ0) is 52.5. The Morgan fingerprint density at radius 2 is 1.60 bits per heavy atom. The van der Waals surface area contributed by atoms with Gasteiger partial charge >= 0.3 is 0 Å². The lowest BCUT2D eigenvalue weighted by molar-refractivity contribution is -0.226. The molecule has 9 nitrogen and oxygen atoms in total. The molecule has 2 aliphatic heterocycles. The van der Waals surface area contributed by atoms with Gasteiger partial charge < -0.3 is 36.4 Å². The molecule has 7 N–H and O–H groups in total. The van der Waals surface area contributed by atoms with Gasteiger partial charge in [-0.1, -0.05) is 102 Å². The molecule has 2 aromatic carbocycles. The molecule has 18 atom stereocenters. The number of Topliss-reactive ketones (excluding diaryl/α,β-unsaturated/α-hetero) is 2. The van der Waals surface area contributed by atoms with Crippen LogP contribution in [-0.4, -0.2) is 69.9 Å². The van der Waals surface area contributed by atoms with Gasteiger partial charge in [-0.2, -0.15) is 0 Å². The van der Waals surface area contributed by atoms with E-state index in [4.69, 9.17) is 10.5 Å². The number of nitrogens with one attached hydrogen (secondary N) is 2. The summed E-state index contributed by atoms with van der Waals surface area (Å²) in [4.78, 5) is 32.0. The summed E-state index contributed by atoms with van der Waals surface area (Å²) in [6.07, 6.45) is 22.6. The molecule has 2 aromatic rings. The second-order valence-electron chi connectivity index (χ2n) is 28.7. The molecule has 9 fully saturated rings. The number of phenolic OH excluding ortho intramolecular Hbond substituents is 1. The van der Waals surface area contributed by atoms with E-state index >= 15 is 9.59 Å². The van der Waals surface area contributed by atoms with Crippen molar-refractivity contribution in [3.63, 3.8) is 0 Å². The van der Waals surface area contributed by atoms with E-state index in [9.17, 15) is 15.3 Å². The van der Waals surface area contributed by atoms with Crippen molar-refractivity contribution in [1.29, 1.82) is 0 Å². The minimum Gasteiger partial charge on any atom is -0.508 e. The van der Waals surface area contributed by atoms with Gasteiger partial charge in [0.1, 0.15) is 17.6 Å². The average molecular weight is 1030 g/mol. The SMILES string of the molecule is CNCc1cc(O)cc(C2CC3(C4CCCCC4)C4C(CC5(C)C3CCC3=C(C6C7CCCCC7CCC6C(O)C6OC6(C)C6CCCC6c6cccc(N)c6)C(=O)CC35C)NCC(C)(O)CCCCC4(C)C2=O)c1. The zero-order valence-electron chi connectivity index (χ0n) is 46.9. The molecular weight excluding hydrogens is 931 g/mol. The fourth-order valence-electron chi connectivity index (χ4n) is 21.5. The van der Waals surface area contributed by atoms with Gasteiger partial charge in [-0.15, -0.1) is 0 Å². The first-order valence-electron chi connectivity index (χ1n) is 30.8. The molecule has 8 aliphatic carbocycles. The number of hydrogen-bond donors (Lipinski definition) is 6. The highest BCUT2D eigenvalue weighted by Crippen LogP contribution is 2.78. The summed E-state index contributed by atoms with van der Waals surface area (Å²) in [5.74, 6) is 2.96. The minimum atomic E-state index is -0.869. The van der Waals surface area contributed by atoms with Crippen LogP contribution in [0.5, 0.6) is 5.75 Å². The van der Waals surface area contributed by atoms with Gasteiger partial charge in [0.15, 0.2) is 5.78 Å². The smallest absolute Gasteiger partial charge is 0.160 e. The number of phenols is 1. The van der Waals surface area contributed by atoms with Gasteiger partial charge in [-0.3, -0.25) is 9.59 Å². The number of ether oxygens (including phenoxy) is 1. The van der Waals surface area contributed by atoms with Crippen molar-refractivity contribution < 1.29 is 29.6 Å². The van der Waals surface area contributed by atoms with Crippen molar-refractivity contribution in [3.8, 4) is 5.75 Å². The van der Waals surface area contributed by atoms with Crippen molar-refractivity contribution in [1.82, 2.24) is 10.6 Å². The quantitative estimate of drug-likeness (QED) is 0.106. The van der Waals surface area contributed by atoms with Crippen LogP contribution >= 0.6 is 0 Å². The highest BCUT2D eigenvalue weighted by molar-refractivity contribution is 6.01. The van der Waals surface area contributed by atoms with Crippen molar-refractivity contribution in [2.24, 2.45) is 69.0 Å². The maximum atomic E-state index is 16.1. The summed E-state index contributed by atoms with van der Waals surface area (Å²) in [5, 5.41) is 44.1. The van der Waals surface area contributed by atoms with E-state index in [1.54, 1.807) is 0 Å². The van der Waals surface area contributed by atoms with E-state index in [0.29, 0.717) is 67.1 Å². The molecule has 0 bridgehead atoms. The number of nitrogens with two attached hydrogens (primary N) is 1. The van der Waals surface area contributed by atoms with Crippen LogP contribution in [0.25, 0.3) is 0 Å². The fraction of sp³-hybridized carbons (Fsp3) is 0.758. The maximum absolute atomic E-state index is 16.1. The van der Waals surface area contributed by atoms with Crippen LogP contribution in [0.15, 0.2) is 53.6 Å². The number of carbonyl (C=O) groups is 2. The third-order valence-electron chi connectivity index (χ3n) is 24.8. The average Bonchev–Trinajstić information content (AvgIpc) is 3.68. The highest BCUT2D eigenvalue weighted by atomic mass is 16.6. The molecular formula is C66H95N3O6. The fourth-order valence-corrected chi connectivity index (χ4v) is 21.5. The maximum Gasteiger partial charge on any atom is 0.160 e. The second kappa shape index (κ2) is 19.3. The Balaban J connectivity index is 0.972. The Morgan fingerprint density at radius 3 is 2.39 bits per heavy atom. The van der Waals surface area contributed by atoms with Crippen LogP contribution in [0.2, 0.25) is 0 Å². The molecule has 10 aliphatic rings. The first-order valence-corrected chi connectivity index (χ1v) is 30.8. The van der Waals surface area contributed by atoms with E-state index in [1.807, 2.05) is 32.2 Å². The largest absolute Gasteiger partial charge is 0.508 e. The predicted molar refractivity (Wildman–Crippen MR) is 297 cm³/mol. The monoisotopic (exact) mass is 1030 g/mol. The molecule has 2 heterocycles. The lowest BCUT2D eigenvalue weighted by Crippen LogP contribution is -2.73. The molecule has 18 unspecified atom stereocenters. The molecule has 75 heavy (non-hydrogen) atoms. The van der Waals surface area contributed by atoms with Crippen molar-refractivity contribution in [2.45, 2.75) is 230 Å². The van der Waals surface area contributed by atoms with Crippen LogP contribution in [0.4, 0.5) is 5.69 Å². The summed E-state index contributed by atoms with van der Waals surface area (Å²) < 4.78 is 6.91. The Labute approximate surface area is 450 Å². The van der Waals surface area contributed by atoms with E-state index < -0.39 is 28.1 Å². The summed E-state index contributed by atoms with van der Waals surface area (Å²) in [7, 11) is 1.94. The summed E-state index contributed by atoms with van der Waals surface area (Å²) in [6.45, 7) is 12.9. The van der Waals surface area contributed by atoms with Gasteiger partial charge in [0, 0.05) is 48.0 Å². The predicted octanol–water partition coefficient (Wildman–Crippen LogP) is 12.3. The van der Waals surface area contributed by atoms with Gasteiger partial charge in [0.2, 0.25) is 0 Å². The topological polar surface area (TPSA) is 157 Å². The number of aliphatic hydroxyl groups excluding tert-OH is 1. The molecule has 0 aromatic heterocycles. The highest BCUT2D eigenvalue weighted by Gasteiger charge is 2.75. The number of benzene rings is 2. The van der Waals surface area contributed by atoms with Crippen LogP contribution in [-0.2, 0) is 20.9 Å². The number of fused-ring (bicyclic) bond motifs is 5. The van der Waals surface area contributed by atoms with Crippen molar-refractivity contribution in [3.05, 3.63) is 70.3 Å². The molecule has 12 rings (SSSR count). The number of epoxide rings is 1. The number of carbonyl (C=O) groups excluding carboxylic acids is 2. The number of anilines is 1. The van der Waals surface area contributed by atoms with Crippen LogP contribution in [0.1, 0.15) is 211 Å². The molecule has 7 saturated carbocycles. The molecule has 0 amide bonds. The third-order valence-corrected chi connectivity index (χ3v) is 24.8. The number of aliphatic hydroxyl groups is 2. The number of hydrogen-bond acceptors (Lipinski definition) is 9. The zero-order valence-corrected chi connectivity index (χ0v) is 46.9. The van der Waals surface area contributed by atoms with E-state index in [0.717, 1.165) is 119 Å². The Kier molecular flexibility index (Phi) is 13.6. The van der Waals surface area contributed by atoms with Crippen LogP contribution in [0, 0.1) is 69.0 Å². The van der Waals surface area contributed by atoms with Crippen LogP contribution < -0.4 is 16.4 Å². The first-order chi connectivity index (χ1) is 35.9. The Bertz CT molecular complexity index is 2550. The molecule has 9 heteroatoms. The van der Waals surface area contributed by atoms with Gasteiger partial charge in [-0.25, -0.2) is 0 Å². The number of nitrogen functional groups attached to an aromatic ring is 1. The van der Waals surface area contributed by atoms with E-state index in [-0.39, 0.29) is 58.3 Å². The van der Waals surface area contributed by atoms with Crippen molar-refractivity contribution >= 4 is 17.3 Å². The number of ketones is 2. The normalized spacial score (nSPS) is 45.6. The van der Waals surface area contributed by atoms with Gasteiger partial charge in [0.25, 0.3) is 0 Å². The standard InChI is InChI=1S/C66H95N3O6/c1-61(74)28-12-13-29-62(2)58-52(69-38-61)35-64(4)54(66(58,43-18-8-7-9-19-43)34-49(59(62)73)42-30-39(37-68-6)31-45(70)33-42)27-26-51-56(53(71)36-63(51,64)3)55-47-21-11-10-16-40(47)24-25-48(55)57(72)60-65(5,75-60)50-23-15-22-46(50)41-17-14-20-44(67)32-41/h14,17,20,30-33,40,43,46-50,52,54-55,57-58,60,68-70,72,74H,7-13,15-16,18-19,21-29,34-38,67H2,1-6H3. The third kappa shape index (κ3) is 8.34. The summed E-state index contributed by atoms with van der Waals surface area (Å²) in [6, 6.07) is 14.4. The molecule has 2 saturated heterocycles. The number of allylic oxidation sites excluding steroid dienone is 2. The summed E-state index contributed by atoms with van der Waals surface area (Å²) in [5.41, 5.74) is 10.1.